The van der Waals surface area contributed by atoms with Gasteiger partial charge in [-0.25, -0.2) is 0 Å². The lowest BCUT2D eigenvalue weighted by atomic mass is 10.1. The predicted octanol–water partition coefficient (Wildman–Crippen LogP) is -0.975. The summed E-state index contributed by atoms with van der Waals surface area (Å²) in [5.41, 5.74) is 0. The molecule has 2 rings (SSSR count). The highest BCUT2D eigenvalue weighted by Crippen LogP contribution is 2.18. The van der Waals surface area contributed by atoms with Crippen molar-refractivity contribution in [3.05, 3.63) is 0 Å². The minimum absolute atomic E-state index is 0.0761. The normalized spacial score (nSPS) is 41.7. The summed E-state index contributed by atoms with van der Waals surface area (Å²) in [5.74, 6) is 0. The van der Waals surface area contributed by atoms with Crippen LogP contribution >= 0.6 is 0 Å². The molecule has 58 valence electrons. The molecule has 0 bridgehead atoms. The molecule has 3 heteroatoms. The molecule has 0 unspecified atom stereocenters. The zero-order valence-electron chi connectivity index (χ0n) is 6.08. The Labute approximate surface area is 61.0 Å². The minimum atomic E-state index is -0.0761. The molecule has 2 fully saturated rings. The second kappa shape index (κ2) is 2.49. The van der Waals surface area contributed by atoms with Crippen molar-refractivity contribution in [2.75, 3.05) is 26.2 Å². The van der Waals surface area contributed by atoms with Gasteiger partial charge >= 0.3 is 0 Å². The SMILES string of the molecule is O[C@H]1CCN2CCNC[C@H]12. The van der Waals surface area contributed by atoms with E-state index in [2.05, 4.69) is 10.2 Å². The van der Waals surface area contributed by atoms with Gasteiger partial charge in [0.1, 0.15) is 0 Å². The van der Waals surface area contributed by atoms with Gasteiger partial charge in [-0.05, 0) is 6.42 Å². The molecule has 0 aromatic heterocycles. The Bertz CT molecular complexity index is 127. The van der Waals surface area contributed by atoms with E-state index in [9.17, 15) is 5.11 Å². The van der Waals surface area contributed by atoms with Gasteiger partial charge in [-0.15, -0.1) is 0 Å². The first-order chi connectivity index (χ1) is 4.88. The largest absolute Gasteiger partial charge is 0.391 e. The van der Waals surface area contributed by atoms with Gasteiger partial charge in [0, 0.05) is 32.2 Å². The number of fused-ring (bicyclic) bond motifs is 1. The molecular weight excluding hydrogens is 128 g/mol. The number of nitrogens with zero attached hydrogens (tertiary/aromatic N) is 1. The first-order valence-corrected chi connectivity index (χ1v) is 4.01. The average molecular weight is 142 g/mol. The number of hydrogen-bond acceptors (Lipinski definition) is 3. The number of aliphatic hydroxyl groups is 1. The Morgan fingerprint density at radius 1 is 1.40 bits per heavy atom. The zero-order valence-corrected chi connectivity index (χ0v) is 6.08. The molecule has 0 spiro atoms. The third kappa shape index (κ3) is 0.944. The highest BCUT2D eigenvalue weighted by atomic mass is 16.3. The summed E-state index contributed by atoms with van der Waals surface area (Å²) in [6, 6.07) is 0.411. The fraction of sp³-hybridized carbons (Fsp3) is 1.00. The molecule has 2 aliphatic rings. The molecule has 10 heavy (non-hydrogen) atoms. The summed E-state index contributed by atoms with van der Waals surface area (Å²) in [6.07, 6.45) is 0.889. The van der Waals surface area contributed by atoms with Crippen LogP contribution in [0.4, 0.5) is 0 Å². The molecule has 3 nitrogen and oxygen atoms in total. The zero-order chi connectivity index (χ0) is 6.97. The van der Waals surface area contributed by atoms with E-state index in [4.69, 9.17) is 0 Å². The topological polar surface area (TPSA) is 35.5 Å². The van der Waals surface area contributed by atoms with E-state index < -0.39 is 0 Å². The average Bonchev–Trinajstić information content (AvgIpc) is 2.34. The Morgan fingerprint density at radius 2 is 2.30 bits per heavy atom. The highest BCUT2D eigenvalue weighted by molar-refractivity contribution is 4.91. The highest BCUT2D eigenvalue weighted by Gasteiger charge is 2.33. The van der Waals surface area contributed by atoms with Crippen LogP contribution in [0.3, 0.4) is 0 Å². The molecule has 0 aromatic carbocycles. The number of nitrogens with one attached hydrogen (secondary N) is 1. The number of rotatable bonds is 0. The Hall–Kier alpha value is -0.120. The third-order valence-corrected chi connectivity index (χ3v) is 2.55. The van der Waals surface area contributed by atoms with E-state index in [1.807, 2.05) is 0 Å². The molecule has 2 atom stereocenters. The van der Waals surface area contributed by atoms with E-state index in [0.29, 0.717) is 6.04 Å². The van der Waals surface area contributed by atoms with E-state index >= 15 is 0 Å². The van der Waals surface area contributed by atoms with E-state index in [-0.39, 0.29) is 6.10 Å². The Balaban J connectivity index is 2.01. The maximum absolute atomic E-state index is 9.44. The summed E-state index contributed by atoms with van der Waals surface area (Å²) >= 11 is 0. The lowest BCUT2D eigenvalue weighted by Gasteiger charge is -2.31. The first kappa shape index (κ1) is 6.58. The smallest absolute Gasteiger partial charge is 0.0719 e. The number of hydrogen-bond donors (Lipinski definition) is 2. The third-order valence-electron chi connectivity index (χ3n) is 2.55. The second-order valence-corrected chi connectivity index (χ2v) is 3.16. The van der Waals surface area contributed by atoms with Crippen LogP contribution in [0, 0.1) is 0 Å². The quantitative estimate of drug-likeness (QED) is 0.456. The summed E-state index contributed by atoms with van der Waals surface area (Å²) in [4.78, 5) is 2.38. The summed E-state index contributed by atoms with van der Waals surface area (Å²) in [6.45, 7) is 4.26. The van der Waals surface area contributed by atoms with Crippen LogP contribution in [0.25, 0.3) is 0 Å². The maximum Gasteiger partial charge on any atom is 0.0719 e. The van der Waals surface area contributed by atoms with Crippen molar-refractivity contribution < 1.29 is 5.11 Å². The van der Waals surface area contributed by atoms with Crippen molar-refractivity contribution >= 4 is 0 Å². The minimum Gasteiger partial charge on any atom is -0.391 e. The van der Waals surface area contributed by atoms with Crippen LogP contribution in [0.15, 0.2) is 0 Å². The van der Waals surface area contributed by atoms with Gasteiger partial charge in [0.05, 0.1) is 6.10 Å². The van der Waals surface area contributed by atoms with Gasteiger partial charge < -0.3 is 10.4 Å². The van der Waals surface area contributed by atoms with Crippen molar-refractivity contribution in [1.29, 1.82) is 0 Å². The monoisotopic (exact) mass is 142 g/mol. The molecule has 2 aliphatic heterocycles. The first-order valence-electron chi connectivity index (χ1n) is 4.01. The summed E-state index contributed by atoms with van der Waals surface area (Å²) in [7, 11) is 0. The van der Waals surface area contributed by atoms with Crippen molar-refractivity contribution in [2.45, 2.75) is 18.6 Å². The fourth-order valence-electron chi connectivity index (χ4n) is 1.92. The van der Waals surface area contributed by atoms with Crippen LogP contribution < -0.4 is 5.32 Å². The molecular formula is C7H14N2O. The second-order valence-electron chi connectivity index (χ2n) is 3.16. The molecule has 2 N–H and O–H groups in total. The van der Waals surface area contributed by atoms with Crippen molar-refractivity contribution in [2.24, 2.45) is 0 Å². The van der Waals surface area contributed by atoms with Crippen molar-refractivity contribution in [1.82, 2.24) is 10.2 Å². The molecule has 2 saturated heterocycles. The fourth-order valence-corrected chi connectivity index (χ4v) is 1.92. The van der Waals surface area contributed by atoms with Gasteiger partial charge in [0.2, 0.25) is 0 Å². The molecule has 0 radical (unpaired) electrons. The Kier molecular flexibility index (Phi) is 1.64. The number of piperazine rings is 1. The standard InChI is InChI=1S/C7H14N2O/c10-7-1-3-9-4-2-8-5-6(7)9/h6-8,10H,1-5H2/t6-,7+/m1/s1. The van der Waals surface area contributed by atoms with Crippen LogP contribution in [0.1, 0.15) is 6.42 Å². The van der Waals surface area contributed by atoms with Gasteiger partial charge in [-0.2, -0.15) is 0 Å². The van der Waals surface area contributed by atoms with Crippen LogP contribution in [-0.4, -0.2) is 48.3 Å². The van der Waals surface area contributed by atoms with Crippen LogP contribution in [-0.2, 0) is 0 Å². The van der Waals surface area contributed by atoms with Crippen molar-refractivity contribution in [3.63, 3.8) is 0 Å². The summed E-state index contributed by atoms with van der Waals surface area (Å²) in [5, 5.41) is 12.7. The van der Waals surface area contributed by atoms with Crippen LogP contribution in [0.2, 0.25) is 0 Å². The lowest BCUT2D eigenvalue weighted by Crippen LogP contribution is -2.51. The van der Waals surface area contributed by atoms with Gasteiger partial charge in [0.25, 0.3) is 0 Å². The van der Waals surface area contributed by atoms with Gasteiger partial charge in [-0.3, -0.25) is 4.90 Å². The van der Waals surface area contributed by atoms with Gasteiger partial charge in [0.15, 0.2) is 0 Å². The Morgan fingerprint density at radius 3 is 3.10 bits per heavy atom. The van der Waals surface area contributed by atoms with E-state index in [1.54, 1.807) is 0 Å². The predicted molar refractivity (Wildman–Crippen MR) is 38.9 cm³/mol. The van der Waals surface area contributed by atoms with Crippen molar-refractivity contribution in [3.8, 4) is 0 Å². The molecule has 0 amide bonds. The molecule has 0 aromatic rings. The lowest BCUT2D eigenvalue weighted by molar-refractivity contribution is 0.100. The maximum atomic E-state index is 9.44. The number of aliphatic hydroxyl groups excluding tert-OH is 1. The molecule has 0 saturated carbocycles. The summed E-state index contributed by atoms with van der Waals surface area (Å²) < 4.78 is 0. The van der Waals surface area contributed by atoms with Gasteiger partial charge in [-0.1, -0.05) is 0 Å². The molecule has 2 heterocycles. The van der Waals surface area contributed by atoms with E-state index in [1.165, 1.54) is 0 Å². The van der Waals surface area contributed by atoms with Crippen LogP contribution in [0.5, 0.6) is 0 Å². The van der Waals surface area contributed by atoms with E-state index in [0.717, 1.165) is 32.6 Å². The molecule has 0 aliphatic carbocycles.